The highest BCUT2D eigenvalue weighted by Gasteiger charge is 2.41. The summed E-state index contributed by atoms with van der Waals surface area (Å²) in [7, 11) is 7.15. The Kier molecular flexibility index (Phi) is 10.3. The third-order valence-electron chi connectivity index (χ3n) is 7.51. The monoisotopic (exact) mass is 595 g/mol. The summed E-state index contributed by atoms with van der Waals surface area (Å²) in [4.78, 5) is 32.6. The van der Waals surface area contributed by atoms with Gasteiger partial charge < -0.3 is 29.5 Å². The minimum atomic E-state index is -1.31. The minimum absolute atomic E-state index is 0.0946. The first-order chi connectivity index (χ1) is 20.2. The number of methoxy groups -OCH3 is 2. The van der Waals surface area contributed by atoms with Crippen LogP contribution in [0, 0.1) is 0 Å². The molecule has 3 aromatic rings. The number of rotatable bonds is 12. The van der Waals surface area contributed by atoms with Gasteiger partial charge in [0.1, 0.15) is 28.5 Å². The molecule has 224 valence electrons. The Morgan fingerprint density at radius 3 is 2.31 bits per heavy atom. The van der Waals surface area contributed by atoms with Gasteiger partial charge in [0.2, 0.25) is 0 Å². The first-order valence-corrected chi connectivity index (χ1v) is 14.4. The maximum Gasteiger partial charge on any atom is 0.329 e. The van der Waals surface area contributed by atoms with Crippen molar-refractivity contribution in [2.45, 2.75) is 44.1 Å². The van der Waals surface area contributed by atoms with E-state index in [2.05, 4.69) is 10.2 Å². The van der Waals surface area contributed by atoms with Crippen molar-refractivity contribution in [3.8, 4) is 39.6 Å². The van der Waals surface area contributed by atoms with Crippen LogP contribution in [-0.4, -0.2) is 73.9 Å². The number of carboxylic acids is 1. The summed E-state index contributed by atoms with van der Waals surface area (Å²) >= 11 is 6.50. The molecule has 0 radical (unpaired) electrons. The molecule has 0 aliphatic heterocycles. The van der Waals surface area contributed by atoms with Crippen LogP contribution < -0.4 is 19.5 Å². The SMILES string of the molecule is COc1cccc(OC)c1-c1ccc(C(=O)NC2(C(=O)O)CCCCC2)nc1-c1ccc(Cl)c(OCCCN(C)C)c1. The Balaban J connectivity index is 1.80. The summed E-state index contributed by atoms with van der Waals surface area (Å²) in [5.41, 5.74) is 1.23. The van der Waals surface area contributed by atoms with E-state index in [0.29, 0.717) is 64.1 Å². The number of nitrogens with zero attached hydrogens (tertiary/aromatic N) is 2. The number of pyridine rings is 1. The first-order valence-electron chi connectivity index (χ1n) is 14.0. The van der Waals surface area contributed by atoms with Crippen molar-refractivity contribution in [2.75, 3.05) is 41.5 Å². The highest BCUT2D eigenvalue weighted by Crippen LogP contribution is 2.43. The molecule has 1 fully saturated rings. The van der Waals surface area contributed by atoms with Crippen LogP contribution in [0.25, 0.3) is 22.4 Å². The summed E-state index contributed by atoms with van der Waals surface area (Å²) < 4.78 is 17.4. The summed E-state index contributed by atoms with van der Waals surface area (Å²) in [5, 5.41) is 13.3. The average Bonchev–Trinajstić information content (AvgIpc) is 2.99. The molecule has 1 aliphatic rings. The largest absolute Gasteiger partial charge is 0.496 e. The van der Waals surface area contributed by atoms with E-state index in [9.17, 15) is 14.7 Å². The van der Waals surface area contributed by atoms with Crippen LogP contribution in [0.15, 0.2) is 48.5 Å². The third-order valence-corrected chi connectivity index (χ3v) is 7.82. The van der Waals surface area contributed by atoms with Gasteiger partial charge in [-0.2, -0.15) is 0 Å². The maximum atomic E-state index is 13.5. The fourth-order valence-electron chi connectivity index (χ4n) is 5.28. The van der Waals surface area contributed by atoms with E-state index in [-0.39, 0.29) is 5.69 Å². The molecule has 1 saturated carbocycles. The predicted octanol–water partition coefficient (Wildman–Crippen LogP) is 5.93. The number of ether oxygens (including phenoxy) is 3. The van der Waals surface area contributed by atoms with E-state index in [1.165, 1.54) is 0 Å². The van der Waals surface area contributed by atoms with E-state index in [1.807, 2.05) is 38.4 Å². The molecule has 1 aliphatic carbocycles. The Morgan fingerprint density at radius 2 is 1.69 bits per heavy atom. The quantitative estimate of drug-likeness (QED) is 0.248. The van der Waals surface area contributed by atoms with Crippen molar-refractivity contribution in [3.05, 3.63) is 59.2 Å². The number of hydrogen-bond donors (Lipinski definition) is 2. The Labute approximate surface area is 251 Å². The van der Waals surface area contributed by atoms with Crippen molar-refractivity contribution in [1.29, 1.82) is 0 Å². The third kappa shape index (κ3) is 6.97. The zero-order valence-electron chi connectivity index (χ0n) is 24.5. The summed E-state index contributed by atoms with van der Waals surface area (Å²) in [6.45, 7) is 1.34. The average molecular weight is 596 g/mol. The number of aliphatic carboxylic acids is 1. The second-order valence-electron chi connectivity index (χ2n) is 10.7. The number of benzene rings is 2. The number of nitrogens with one attached hydrogen (secondary N) is 1. The highest BCUT2D eigenvalue weighted by molar-refractivity contribution is 6.32. The molecule has 2 N–H and O–H groups in total. The maximum absolute atomic E-state index is 13.5. The van der Waals surface area contributed by atoms with Gasteiger partial charge in [0, 0.05) is 17.7 Å². The number of amides is 1. The van der Waals surface area contributed by atoms with E-state index in [4.69, 9.17) is 30.8 Å². The van der Waals surface area contributed by atoms with Gasteiger partial charge in [0.15, 0.2) is 0 Å². The molecule has 0 atom stereocenters. The van der Waals surface area contributed by atoms with Crippen molar-refractivity contribution in [1.82, 2.24) is 15.2 Å². The smallest absolute Gasteiger partial charge is 0.329 e. The molecular weight excluding hydrogens is 558 g/mol. The fraction of sp³-hybridized carbons (Fsp3) is 0.406. The lowest BCUT2D eigenvalue weighted by Gasteiger charge is -2.33. The summed E-state index contributed by atoms with van der Waals surface area (Å²) in [6.07, 6.45) is 3.99. The highest BCUT2D eigenvalue weighted by atomic mass is 35.5. The Morgan fingerprint density at radius 1 is 1.00 bits per heavy atom. The second-order valence-corrected chi connectivity index (χ2v) is 11.1. The summed E-state index contributed by atoms with van der Waals surface area (Å²) in [6, 6.07) is 14.2. The number of carbonyl (C=O) groups excluding carboxylic acids is 1. The molecule has 42 heavy (non-hydrogen) atoms. The van der Waals surface area contributed by atoms with Gasteiger partial charge in [-0.3, -0.25) is 4.79 Å². The lowest BCUT2D eigenvalue weighted by Crippen LogP contribution is -2.55. The van der Waals surface area contributed by atoms with Gasteiger partial charge in [-0.15, -0.1) is 0 Å². The predicted molar refractivity (Wildman–Crippen MR) is 163 cm³/mol. The van der Waals surface area contributed by atoms with Crippen LogP contribution in [0.2, 0.25) is 5.02 Å². The Hall–Kier alpha value is -3.82. The van der Waals surface area contributed by atoms with E-state index >= 15 is 0 Å². The number of hydrogen-bond acceptors (Lipinski definition) is 7. The second kappa shape index (κ2) is 13.9. The van der Waals surface area contributed by atoms with Gasteiger partial charge >= 0.3 is 5.97 Å². The lowest BCUT2D eigenvalue weighted by molar-refractivity contribution is -0.145. The zero-order chi connectivity index (χ0) is 30.3. The molecule has 0 spiro atoms. The van der Waals surface area contributed by atoms with Crippen molar-refractivity contribution in [2.24, 2.45) is 0 Å². The summed E-state index contributed by atoms with van der Waals surface area (Å²) in [5.74, 6) is 0.0502. The molecule has 1 heterocycles. The molecule has 1 amide bonds. The molecule has 0 unspecified atom stereocenters. The van der Waals surface area contributed by atoms with Crippen molar-refractivity contribution < 1.29 is 28.9 Å². The van der Waals surface area contributed by atoms with Crippen molar-refractivity contribution in [3.63, 3.8) is 0 Å². The normalized spacial score (nSPS) is 14.3. The van der Waals surface area contributed by atoms with Gasteiger partial charge in [0.05, 0.1) is 37.1 Å². The number of carboxylic acid groups (broad SMARTS) is 1. The minimum Gasteiger partial charge on any atom is -0.496 e. The molecule has 4 rings (SSSR count). The van der Waals surface area contributed by atoms with Crippen LogP contribution in [0.1, 0.15) is 49.0 Å². The van der Waals surface area contributed by atoms with E-state index < -0.39 is 17.4 Å². The number of halogens is 1. The topological polar surface area (TPSA) is 110 Å². The molecule has 10 heteroatoms. The van der Waals surface area contributed by atoms with E-state index in [0.717, 1.165) is 32.2 Å². The van der Waals surface area contributed by atoms with Gasteiger partial charge in [0.25, 0.3) is 5.91 Å². The van der Waals surface area contributed by atoms with Crippen LogP contribution in [0.5, 0.6) is 17.2 Å². The van der Waals surface area contributed by atoms with Gasteiger partial charge in [-0.1, -0.05) is 43.0 Å². The molecule has 1 aromatic heterocycles. The van der Waals surface area contributed by atoms with Gasteiger partial charge in [-0.25, -0.2) is 9.78 Å². The first kappa shape index (κ1) is 31.1. The van der Waals surface area contributed by atoms with Crippen molar-refractivity contribution >= 4 is 23.5 Å². The standard InChI is InChI=1S/C32H38ClN3O6/c1-36(2)18-9-19-42-27-20-21(12-14-23(27)33)29-22(28-25(40-3)10-8-11-26(28)41-4)13-15-24(34-29)30(37)35-32(31(38)39)16-6-5-7-17-32/h8,10-15,20H,5-7,9,16-19H2,1-4H3,(H,35,37)(H,38,39). The molecule has 2 aromatic carbocycles. The van der Waals surface area contributed by atoms with Crippen LogP contribution in [-0.2, 0) is 4.79 Å². The fourth-order valence-corrected chi connectivity index (χ4v) is 5.45. The molecule has 9 nitrogen and oxygen atoms in total. The van der Waals surface area contributed by atoms with Crippen LogP contribution in [0.4, 0.5) is 0 Å². The number of carbonyl (C=O) groups is 2. The van der Waals surface area contributed by atoms with Crippen LogP contribution >= 0.6 is 11.6 Å². The van der Waals surface area contributed by atoms with Crippen LogP contribution in [0.3, 0.4) is 0 Å². The Bertz CT molecular complexity index is 1400. The molecule has 0 saturated heterocycles. The number of aromatic nitrogens is 1. The van der Waals surface area contributed by atoms with Gasteiger partial charge in [-0.05, 0) is 69.8 Å². The lowest BCUT2D eigenvalue weighted by atomic mass is 9.81. The van der Waals surface area contributed by atoms with E-state index in [1.54, 1.807) is 38.5 Å². The molecular formula is C32H38ClN3O6. The zero-order valence-corrected chi connectivity index (χ0v) is 25.3. The molecule has 0 bridgehead atoms.